The molecule has 2 rings (SSSR count). The van der Waals surface area contributed by atoms with Crippen LogP contribution in [0.5, 0.6) is 0 Å². The second-order valence-electron chi connectivity index (χ2n) is 3.92. The summed E-state index contributed by atoms with van der Waals surface area (Å²) in [5.74, 6) is 0. The molecule has 6 heteroatoms. The van der Waals surface area contributed by atoms with E-state index < -0.39 is 11.7 Å². The maximum absolute atomic E-state index is 12.9. The van der Waals surface area contributed by atoms with Crippen LogP contribution in [-0.2, 0) is 12.7 Å². The summed E-state index contributed by atoms with van der Waals surface area (Å²) in [6, 6.07) is 8.70. The number of benzene rings is 1. The minimum atomic E-state index is -4.50. The molecule has 0 aliphatic heterocycles. The molecule has 0 amide bonds. The Balaban J connectivity index is 2.27. The standard InChI is InChI=1S/C13H10F3N3/c14-13(15,16)11-6-9(7-17)3-4-12(11)19-8-10-2-1-5-18-10/h1-6,18-19H,8H2. The van der Waals surface area contributed by atoms with Gasteiger partial charge in [-0.3, -0.25) is 0 Å². The van der Waals surface area contributed by atoms with Crippen LogP contribution < -0.4 is 5.32 Å². The molecule has 1 aromatic heterocycles. The van der Waals surface area contributed by atoms with Gasteiger partial charge in [0.25, 0.3) is 0 Å². The van der Waals surface area contributed by atoms with E-state index in [1.165, 1.54) is 12.1 Å². The predicted molar refractivity (Wildman–Crippen MR) is 64.3 cm³/mol. The molecule has 0 aliphatic carbocycles. The Kier molecular flexibility index (Phi) is 3.47. The smallest absolute Gasteiger partial charge is 0.379 e. The number of aromatic nitrogens is 1. The average Bonchev–Trinajstić information content (AvgIpc) is 2.88. The van der Waals surface area contributed by atoms with Gasteiger partial charge in [-0.05, 0) is 30.3 Å². The summed E-state index contributed by atoms with van der Waals surface area (Å²) in [7, 11) is 0. The highest BCUT2D eigenvalue weighted by molar-refractivity contribution is 5.56. The highest BCUT2D eigenvalue weighted by Gasteiger charge is 2.33. The fraction of sp³-hybridized carbons (Fsp3) is 0.154. The molecule has 2 N–H and O–H groups in total. The van der Waals surface area contributed by atoms with E-state index in [1.54, 1.807) is 24.4 Å². The van der Waals surface area contributed by atoms with Gasteiger partial charge in [-0.25, -0.2) is 0 Å². The van der Waals surface area contributed by atoms with E-state index in [2.05, 4.69) is 10.3 Å². The lowest BCUT2D eigenvalue weighted by atomic mass is 10.1. The predicted octanol–water partition coefficient (Wildman–Crippen LogP) is 3.52. The Morgan fingerprint density at radius 3 is 2.63 bits per heavy atom. The van der Waals surface area contributed by atoms with E-state index >= 15 is 0 Å². The van der Waals surface area contributed by atoms with Gasteiger partial charge in [0.05, 0.1) is 23.7 Å². The van der Waals surface area contributed by atoms with Gasteiger partial charge >= 0.3 is 6.18 Å². The van der Waals surface area contributed by atoms with Gasteiger partial charge in [0.1, 0.15) is 0 Å². The zero-order valence-electron chi connectivity index (χ0n) is 9.75. The third kappa shape index (κ3) is 3.07. The molecule has 98 valence electrons. The summed E-state index contributed by atoms with van der Waals surface area (Å²) in [6.07, 6.45) is -2.80. The van der Waals surface area contributed by atoms with E-state index in [9.17, 15) is 13.2 Å². The SMILES string of the molecule is N#Cc1ccc(NCc2ccc[nH]2)c(C(F)(F)F)c1. The van der Waals surface area contributed by atoms with Gasteiger partial charge in [0.2, 0.25) is 0 Å². The van der Waals surface area contributed by atoms with Gasteiger partial charge in [-0.1, -0.05) is 0 Å². The number of aromatic amines is 1. The second-order valence-corrected chi connectivity index (χ2v) is 3.92. The summed E-state index contributed by atoms with van der Waals surface area (Å²) >= 11 is 0. The van der Waals surface area contributed by atoms with Crippen molar-refractivity contribution in [1.29, 1.82) is 5.26 Å². The van der Waals surface area contributed by atoms with Crippen LogP contribution in [0.1, 0.15) is 16.8 Å². The number of hydrogen-bond donors (Lipinski definition) is 2. The number of alkyl halides is 3. The number of hydrogen-bond acceptors (Lipinski definition) is 2. The minimum Gasteiger partial charge on any atom is -0.379 e. The van der Waals surface area contributed by atoms with Crippen molar-refractivity contribution in [3.63, 3.8) is 0 Å². The first kappa shape index (κ1) is 13.0. The van der Waals surface area contributed by atoms with Crippen LogP contribution in [0.4, 0.5) is 18.9 Å². The molecule has 0 saturated carbocycles. The first-order chi connectivity index (χ1) is 9.00. The summed E-state index contributed by atoms with van der Waals surface area (Å²) in [5.41, 5.74) is -0.116. The Labute approximate surface area is 107 Å². The van der Waals surface area contributed by atoms with Gasteiger partial charge < -0.3 is 10.3 Å². The molecule has 0 fully saturated rings. The minimum absolute atomic E-state index is 0.0160. The van der Waals surface area contributed by atoms with Crippen molar-refractivity contribution in [2.75, 3.05) is 5.32 Å². The molecule has 0 atom stereocenters. The fourth-order valence-electron chi connectivity index (χ4n) is 1.67. The van der Waals surface area contributed by atoms with Gasteiger partial charge in [0.15, 0.2) is 0 Å². The Morgan fingerprint density at radius 1 is 1.26 bits per heavy atom. The Bertz CT molecular complexity index is 595. The van der Waals surface area contributed by atoms with E-state index in [-0.39, 0.29) is 17.8 Å². The number of nitrogens with zero attached hydrogens (tertiary/aromatic N) is 1. The Morgan fingerprint density at radius 2 is 2.05 bits per heavy atom. The zero-order chi connectivity index (χ0) is 13.9. The molecule has 0 saturated heterocycles. The van der Waals surface area contributed by atoms with Crippen LogP contribution in [0.3, 0.4) is 0 Å². The number of nitriles is 1. The lowest BCUT2D eigenvalue weighted by Crippen LogP contribution is -2.11. The largest absolute Gasteiger partial charge is 0.418 e. The third-order valence-corrected chi connectivity index (χ3v) is 2.59. The van der Waals surface area contributed by atoms with Crippen LogP contribution in [0, 0.1) is 11.3 Å². The van der Waals surface area contributed by atoms with E-state index in [1.807, 2.05) is 0 Å². The van der Waals surface area contributed by atoms with Gasteiger partial charge in [0, 0.05) is 17.6 Å². The molecular weight excluding hydrogens is 255 g/mol. The molecule has 1 aromatic carbocycles. The summed E-state index contributed by atoms with van der Waals surface area (Å²) in [6.45, 7) is 0.252. The number of nitrogens with one attached hydrogen (secondary N) is 2. The molecule has 0 unspecified atom stereocenters. The normalized spacial score (nSPS) is 11.1. The quantitative estimate of drug-likeness (QED) is 0.892. The van der Waals surface area contributed by atoms with Gasteiger partial charge in [-0.2, -0.15) is 18.4 Å². The Hall–Kier alpha value is -2.42. The van der Waals surface area contributed by atoms with Crippen LogP contribution >= 0.6 is 0 Å². The van der Waals surface area contributed by atoms with Gasteiger partial charge in [-0.15, -0.1) is 0 Å². The van der Waals surface area contributed by atoms with Crippen molar-refractivity contribution in [3.05, 3.63) is 53.3 Å². The summed E-state index contributed by atoms with van der Waals surface area (Å²) < 4.78 is 38.6. The van der Waals surface area contributed by atoms with Crippen molar-refractivity contribution in [2.24, 2.45) is 0 Å². The number of halogens is 3. The van der Waals surface area contributed by atoms with E-state index in [4.69, 9.17) is 5.26 Å². The monoisotopic (exact) mass is 265 g/mol. The van der Waals surface area contributed by atoms with Crippen molar-refractivity contribution < 1.29 is 13.2 Å². The van der Waals surface area contributed by atoms with Crippen LogP contribution in [0.2, 0.25) is 0 Å². The lowest BCUT2D eigenvalue weighted by molar-refractivity contribution is -0.137. The average molecular weight is 265 g/mol. The van der Waals surface area contributed by atoms with Crippen LogP contribution in [-0.4, -0.2) is 4.98 Å². The van der Waals surface area contributed by atoms with E-state index in [0.717, 1.165) is 11.8 Å². The van der Waals surface area contributed by atoms with Crippen LogP contribution in [0.15, 0.2) is 36.5 Å². The molecule has 0 aliphatic rings. The summed E-state index contributed by atoms with van der Waals surface area (Å²) in [4.78, 5) is 2.89. The number of anilines is 1. The first-order valence-corrected chi connectivity index (χ1v) is 5.48. The fourth-order valence-corrected chi connectivity index (χ4v) is 1.67. The first-order valence-electron chi connectivity index (χ1n) is 5.48. The second kappa shape index (κ2) is 5.06. The number of rotatable bonds is 3. The maximum Gasteiger partial charge on any atom is 0.418 e. The molecular formula is C13H10F3N3. The maximum atomic E-state index is 12.9. The molecule has 0 spiro atoms. The van der Waals surface area contributed by atoms with Crippen molar-refractivity contribution >= 4 is 5.69 Å². The highest BCUT2D eigenvalue weighted by Crippen LogP contribution is 2.35. The molecule has 0 bridgehead atoms. The van der Waals surface area contributed by atoms with Crippen LogP contribution in [0.25, 0.3) is 0 Å². The zero-order valence-corrected chi connectivity index (χ0v) is 9.75. The lowest BCUT2D eigenvalue weighted by Gasteiger charge is -2.14. The third-order valence-electron chi connectivity index (χ3n) is 2.59. The molecule has 1 heterocycles. The highest BCUT2D eigenvalue weighted by atomic mass is 19.4. The van der Waals surface area contributed by atoms with Crippen molar-refractivity contribution in [1.82, 2.24) is 4.98 Å². The van der Waals surface area contributed by atoms with E-state index in [0.29, 0.717) is 0 Å². The molecule has 0 radical (unpaired) electrons. The topological polar surface area (TPSA) is 51.6 Å². The molecule has 19 heavy (non-hydrogen) atoms. The summed E-state index contributed by atoms with van der Waals surface area (Å²) in [5, 5.41) is 11.4. The van der Waals surface area contributed by atoms with Crippen molar-refractivity contribution in [2.45, 2.75) is 12.7 Å². The molecule has 2 aromatic rings. The van der Waals surface area contributed by atoms with Crippen molar-refractivity contribution in [3.8, 4) is 6.07 Å². The number of H-pyrrole nitrogens is 1. The molecule has 3 nitrogen and oxygen atoms in total.